The van der Waals surface area contributed by atoms with Gasteiger partial charge in [-0.1, -0.05) is 107 Å². The number of hydrogen-bond acceptors (Lipinski definition) is 2. The van der Waals surface area contributed by atoms with Crippen LogP contribution in [-0.4, -0.2) is 32.7 Å². The van der Waals surface area contributed by atoms with Crippen molar-refractivity contribution in [3.8, 4) is 5.75 Å². The largest absolute Gasteiger partial charge is 0.489 e. The molecule has 0 aromatic heterocycles. The van der Waals surface area contributed by atoms with Crippen molar-refractivity contribution < 1.29 is 4.74 Å². The maximum atomic E-state index is 6.49. The first-order valence-electron chi connectivity index (χ1n) is 13.4. The smallest absolute Gasteiger partial charge is 0.122 e. The van der Waals surface area contributed by atoms with Gasteiger partial charge in [0.15, 0.2) is 0 Å². The molecule has 0 saturated carbocycles. The molecule has 0 fully saturated rings. The molecule has 0 saturated heterocycles. The lowest BCUT2D eigenvalue weighted by Crippen LogP contribution is -2.48. The molecule has 1 heterocycles. The summed E-state index contributed by atoms with van der Waals surface area (Å²) < 4.78 is 6.49. The molecule has 3 aliphatic rings. The minimum Gasteiger partial charge on any atom is -0.489 e. The summed E-state index contributed by atoms with van der Waals surface area (Å²) >= 11 is 0. The third-order valence-electron chi connectivity index (χ3n) is 8.22. The maximum Gasteiger partial charge on any atom is 0.122 e. The van der Waals surface area contributed by atoms with Crippen LogP contribution in [0.2, 0.25) is 13.1 Å². The Labute approximate surface area is 219 Å². The minimum absolute atomic E-state index is 0.00411. The first kappa shape index (κ1) is 24.9. The minimum atomic E-state index is -2.05. The molecule has 2 aromatic carbocycles. The van der Waals surface area contributed by atoms with E-state index in [0.29, 0.717) is 12.1 Å². The average Bonchev–Trinajstić information content (AvgIpc) is 3.44. The summed E-state index contributed by atoms with van der Waals surface area (Å²) in [5.74, 6) is 1.09. The van der Waals surface area contributed by atoms with Gasteiger partial charge in [0, 0.05) is 29.9 Å². The Balaban J connectivity index is 1.60. The predicted octanol–water partition coefficient (Wildman–Crippen LogP) is 7.41. The molecule has 36 heavy (non-hydrogen) atoms. The molecule has 0 radical (unpaired) electrons. The number of rotatable bonds is 6. The first-order valence-corrected chi connectivity index (χ1v) is 16.5. The van der Waals surface area contributed by atoms with Gasteiger partial charge in [-0.2, -0.15) is 0 Å². The van der Waals surface area contributed by atoms with Crippen LogP contribution in [-0.2, 0) is 5.41 Å². The van der Waals surface area contributed by atoms with Gasteiger partial charge >= 0.3 is 0 Å². The third kappa shape index (κ3) is 4.32. The Bertz CT molecular complexity index is 1290. The zero-order chi connectivity index (χ0) is 25.7. The van der Waals surface area contributed by atoms with E-state index < -0.39 is 8.07 Å². The summed E-state index contributed by atoms with van der Waals surface area (Å²) in [6, 6.07) is 13.9. The van der Waals surface area contributed by atoms with Crippen molar-refractivity contribution in [1.29, 1.82) is 0 Å². The SMILES string of the molecule is C=CCOc1c(C(C)(C)C)cc(C)cc1[Si](C)(C)C1C=C(N2CC3=C(CCC=C3)C2)c2ccccc21. The molecular weight excluding hydrogens is 454 g/mol. The molecule has 0 amide bonds. The highest BCUT2D eigenvalue weighted by Gasteiger charge is 2.42. The highest BCUT2D eigenvalue weighted by molar-refractivity contribution is 6.92. The molecule has 0 spiro atoms. The van der Waals surface area contributed by atoms with E-state index in [1.54, 1.807) is 5.57 Å². The summed E-state index contributed by atoms with van der Waals surface area (Å²) in [7, 11) is -2.05. The average molecular weight is 496 g/mol. The fourth-order valence-electron chi connectivity index (χ4n) is 6.25. The quantitative estimate of drug-likeness (QED) is 0.305. The fraction of sp³-hybridized carbons (Fsp3) is 0.394. The summed E-state index contributed by atoms with van der Waals surface area (Å²) in [5, 5.41) is 1.42. The molecule has 2 nitrogen and oxygen atoms in total. The first-order chi connectivity index (χ1) is 17.1. The van der Waals surface area contributed by atoms with E-state index in [9.17, 15) is 0 Å². The number of ether oxygens (including phenoxy) is 1. The standard InChI is InChI=1S/C33H41NOSi/c1-8-17-35-32-28(33(3,4)5)18-23(2)19-31(32)36(6,7)30-20-29(26-15-11-12-16-27(26)30)34-21-24-13-9-10-14-25(24)22-34/h8-9,11-13,15-16,18-20,30H,1,10,14,17,21-22H2,2-7H3. The monoisotopic (exact) mass is 495 g/mol. The fourth-order valence-corrected chi connectivity index (χ4v) is 9.59. The van der Waals surface area contributed by atoms with Crippen molar-refractivity contribution in [1.82, 2.24) is 4.90 Å². The second kappa shape index (κ2) is 9.26. The van der Waals surface area contributed by atoms with Crippen molar-refractivity contribution >= 4 is 19.0 Å². The molecule has 0 N–H and O–H groups in total. The van der Waals surface area contributed by atoms with E-state index >= 15 is 0 Å². The van der Waals surface area contributed by atoms with Crippen molar-refractivity contribution in [2.75, 3.05) is 19.7 Å². The highest BCUT2D eigenvalue weighted by atomic mass is 28.3. The molecule has 3 heteroatoms. The topological polar surface area (TPSA) is 12.5 Å². The second-order valence-electron chi connectivity index (χ2n) is 12.3. The zero-order valence-electron chi connectivity index (χ0n) is 22.9. The summed E-state index contributed by atoms with van der Waals surface area (Å²) in [6.07, 6.45) is 11.6. The highest BCUT2D eigenvalue weighted by Crippen LogP contribution is 2.45. The van der Waals surface area contributed by atoms with Crippen molar-refractivity contribution in [3.05, 3.63) is 101 Å². The predicted molar refractivity (Wildman–Crippen MR) is 157 cm³/mol. The van der Waals surface area contributed by atoms with Gasteiger partial charge in [0.05, 0.1) is 8.07 Å². The van der Waals surface area contributed by atoms with Gasteiger partial charge in [-0.25, -0.2) is 0 Å². The lowest BCUT2D eigenvalue weighted by molar-refractivity contribution is 0.353. The van der Waals surface area contributed by atoms with Crippen LogP contribution in [0.4, 0.5) is 0 Å². The van der Waals surface area contributed by atoms with Gasteiger partial charge in [0.2, 0.25) is 0 Å². The molecule has 2 aromatic rings. The number of fused-ring (bicyclic) bond motifs is 1. The summed E-state index contributed by atoms with van der Waals surface area (Å²) in [6.45, 7) is 20.7. The Morgan fingerprint density at radius 2 is 1.92 bits per heavy atom. The molecule has 1 unspecified atom stereocenters. The van der Waals surface area contributed by atoms with E-state index in [0.717, 1.165) is 18.8 Å². The van der Waals surface area contributed by atoms with Crippen molar-refractivity contribution in [3.63, 3.8) is 0 Å². The van der Waals surface area contributed by atoms with Crippen LogP contribution in [0.1, 0.15) is 61.4 Å². The lowest BCUT2D eigenvalue weighted by atomic mass is 9.85. The number of benzene rings is 2. The second-order valence-corrected chi connectivity index (χ2v) is 16.9. The molecule has 1 atom stereocenters. The molecule has 1 aliphatic heterocycles. The number of hydrogen-bond donors (Lipinski definition) is 0. The molecule has 188 valence electrons. The van der Waals surface area contributed by atoms with Crippen LogP contribution >= 0.6 is 0 Å². The van der Waals surface area contributed by atoms with Crippen LogP contribution < -0.4 is 9.92 Å². The summed E-state index contributed by atoms with van der Waals surface area (Å²) in [5.41, 5.74) is 10.5. The van der Waals surface area contributed by atoms with E-state index in [4.69, 9.17) is 4.74 Å². The van der Waals surface area contributed by atoms with Gasteiger partial charge < -0.3 is 9.64 Å². The zero-order valence-corrected chi connectivity index (χ0v) is 23.9. The van der Waals surface area contributed by atoms with E-state index in [1.807, 2.05) is 6.08 Å². The van der Waals surface area contributed by atoms with Crippen LogP contribution in [0.3, 0.4) is 0 Å². The van der Waals surface area contributed by atoms with Crippen LogP contribution in [0, 0.1) is 6.92 Å². The van der Waals surface area contributed by atoms with Crippen LogP contribution in [0.25, 0.3) is 5.70 Å². The van der Waals surface area contributed by atoms with Gasteiger partial charge in [0.25, 0.3) is 0 Å². The third-order valence-corrected chi connectivity index (χ3v) is 12.0. The van der Waals surface area contributed by atoms with Gasteiger partial charge in [-0.15, -0.1) is 0 Å². The van der Waals surface area contributed by atoms with Crippen LogP contribution in [0.5, 0.6) is 5.75 Å². The Hall–Kier alpha value is -2.78. The molecule has 5 rings (SSSR count). The van der Waals surface area contributed by atoms with E-state index in [2.05, 4.69) is 107 Å². The normalized spacial score (nSPS) is 19.3. The number of aryl methyl sites for hydroxylation is 1. The van der Waals surface area contributed by atoms with Gasteiger partial charge in [0.1, 0.15) is 12.4 Å². The Kier molecular flexibility index (Phi) is 6.40. The number of allylic oxidation sites excluding steroid dienone is 2. The Morgan fingerprint density at radius 1 is 1.14 bits per heavy atom. The van der Waals surface area contributed by atoms with E-state index in [-0.39, 0.29) is 5.41 Å². The van der Waals surface area contributed by atoms with Crippen LogP contribution in [0.15, 0.2) is 78.4 Å². The molecular formula is C33H41NOSi. The molecule has 2 aliphatic carbocycles. The van der Waals surface area contributed by atoms with Gasteiger partial charge in [-0.05, 0) is 52.6 Å². The lowest BCUT2D eigenvalue weighted by Gasteiger charge is -2.34. The van der Waals surface area contributed by atoms with E-state index in [1.165, 1.54) is 51.6 Å². The maximum absolute atomic E-state index is 6.49. The van der Waals surface area contributed by atoms with Crippen molar-refractivity contribution in [2.45, 2.75) is 64.6 Å². The summed E-state index contributed by atoms with van der Waals surface area (Å²) in [4.78, 5) is 2.62. The van der Waals surface area contributed by atoms with Gasteiger partial charge in [-0.3, -0.25) is 0 Å². The number of nitrogens with zero attached hydrogens (tertiary/aromatic N) is 1. The molecule has 0 bridgehead atoms. The van der Waals surface area contributed by atoms with Crippen molar-refractivity contribution in [2.24, 2.45) is 0 Å². The Morgan fingerprint density at radius 3 is 2.64 bits per heavy atom.